The summed E-state index contributed by atoms with van der Waals surface area (Å²) < 4.78 is 0. The predicted octanol–water partition coefficient (Wildman–Crippen LogP) is 0.739. The maximum atomic E-state index is 10.6. The van der Waals surface area contributed by atoms with E-state index >= 15 is 0 Å². The highest BCUT2D eigenvalue weighted by Gasteiger charge is 2.09. The summed E-state index contributed by atoms with van der Waals surface area (Å²) in [5.74, 6) is -1.88. The topological polar surface area (TPSA) is 104 Å². The second-order valence-electron chi connectivity index (χ2n) is 2.89. The lowest BCUT2D eigenvalue weighted by Gasteiger charge is -2.01. The Balaban J connectivity index is 2.72. The molecule has 0 radical (unpaired) electrons. The van der Waals surface area contributed by atoms with Gasteiger partial charge in [0.2, 0.25) is 0 Å². The van der Waals surface area contributed by atoms with E-state index in [4.69, 9.17) is 10.2 Å². The Bertz CT molecular complexity index is 553. The molecule has 0 unspecified atom stereocenters. The van der Waals surface area contributed by atoms with Crippen molar-refractivity contribution in [1.29, 1.82) is 0 Å². The smallest absolute Gasteiger partial charge is 0.356 e. The van der Waals surface area contributed by atoms with Gasteiger partial charge in [0.1, 0.15) is 0 Å². The molecule has 0 bridgehead atoms. The third-order valence-corrected chi connectivity index (χ3v) is 1.86. The summed E-state index contributed by atoms with van der Waals surface area (Å²) in [5.41, 5.74) is 0.313. The van der Waals surface area contributed by atoms with E-state index < -0.39 is 5.97 Å². The number of hydrogen-bond acceptors (Lipinski definition) is 5. The first-order valence-corrected chi connectivity index (χ1v) is 4.00. The maximum Gasteiger partial charge on any atom is 0.356 e. The Kier molecular flexibility index (Phi) is 1.89. The van der Waals surface area contributed by atoms with Crippen LogP contribution in [0.4, 0.5) is 0 Å². The Hall–Kier alpha value is -2.37. The number of carboxylic acid groups (broad SMARTS) is 1. The molecule has 6 nitrogen and oxygen atoms in total. The quantitative estimate of drug-likeness (QED) is 0.594. The van der Waals surface area contributed by atoms with E-state index in [0.717, 1.165) is 12.3 Å². The average Bonchev–Trinajstić information content (AvgIpc) is 2.19. The molecule has 2 rings (SSSR count). The molecule has 0 aliphatic carbocycles. The summed E-state index contributed by atoms with van der Waals surface area (Å²) in [6, 6.07) is 2.37. The standard InChI is InChI=1S/C9H6N2O4/c12-7-1-4-5(2-8(7)13)11-6(3-10-4)9(14)15/h1-3,12-13H,(H,14,15). The van der Waals surface area contributed by atoms with Crippen molar-refractivity contribution in [2.24, 2.45) is 0 Å². The minimum atomic E-state index is -1.20. The Morgan fingerprint density at radius 1 is 1.13 bits per heavy atom. The number of benzene rings is 1. The van der Waals surface area contributed by atoms with Gasteiger partial charge in [-0.2, -0.15) is 0 Å². The molecular weight excluding hydrogens is 200 g/mol. The van der Waals surface area contributed by atoms with Crippen LogP contribution in [0.5, 0.6) is 11.5 Å². The first kappa shape index (κ1) is 9.20. The largest absolute Gasteiger partial charge is 0.504 e. The second-order valence-corrected chi connectivity index (χ2v) is 2.89. The molecule has 3 N–H and O–H groups in total. The Labute approximate surface area is 83.5 Å². The van der Waals surface area contributed by atoms with Crippen LogP contribution in [0.2, 0.25) is 0 Å². The van der Waals surface area contributed by atoms with Crippen molar-refractivity contribution in [3.63, 3.8) is 0 Å². The van der Waals surface area contributed by atoms with Crippen LogP contribution in [0.3, 0.4) is 0 Å². The van der Waals surface area contributed by atoms with E-state index in [-0.39, 0.29) is 22.7 Å². The minimum Gasteiger partial charge on any atom is -0.504 e. The highest BCUT2D eigenvalue weighted by atomic mass is 16.4. The van der Waals surface area contributed by atoms with Gasteiger partial charge >= 0.3 is 5.97 Å². The van der Waals surface area contributed by atoms with E-state index in [0.29, 0.717) is 5.52 Å². The molecule has 1 aromatic heterocycles. The van der Waals surface area contributed by atoms with Crippen LogP contribution in [0.25, 0.3) is 11.0 Å². The normalized spacial score (nSPS) is 10.4. The highest BCUT2D eigenvalue weighted by molar-refractivity contribution is 5.88. The fourth-order valence-electron chi connectivity index (χ4n) is 1.14. The molecule has 6 heteroatoms. The summed E-state index contributed by atoms with van der Waals surface area (Å²) in [7, 11) is 0. The van der Waals surface area contributed by atoms with Crippen LogP contribution < -0.4 is 0 Å². The number of phenols is 2. The lowest BCUT2D eigenvalue weighted by molar-refractivity contribution is 0.0690. The molecule has 0 saturated carbocycles. The third kappa shape index (κ3) is 1.52. The maximum absolute atomic E-state index is 10.6. The number of nitrogens with zero attached hydrogens (tertiary/aromatic N) is 2. The molecule has 0 spiro atoms. The number of aromatic nitrogens is 2. The monoisotopic (exact) mass is 206 g/mol. The number of rotatable bonds is 1. The van der Waals surface area contributed by atoms with Gasteiger partial charge in [-0.15, -0.1) is 0 Å². The number of aromatic carboxylic acids is 1. The van der Waals surface area contributed by atoms with Gasteiger partial charge < -0.3 is 15.3 Å². The fourth-order valence-corrected chi connectivity index (χ4v) is 1.14. The van der Waals surface area contributed by atoms with Crippen molar-refractivity contribution < 1.29 is 20.1 Å². The lowest BCUT2D eigenvalue weighted by Crippen LogP contribution is -2.01. The minimum absolute atomic E-state index is 0.213. The number of carbonyl (C=O) groups is 1. The number of hydrogen-bond donors (Lipinski definition) is 3. The van der Waals surface area contributed by atoms with Crippen molar-refractivity contribution in [1.82, 2.24) is 9.97 Å². The second kappa shape index (κ2) is 3.09. The molecule has 1 heterocycles. The van der Waals surface area contributed by atoms with E-state index in [2.05, 4.69) is 9.97 Å². The number of aromatic hydroxyl groups is 2. The molecule has 1 aromatic carbocycles. The van der Waals surface area contributed by atoms with Crippen molar-refractivity contribution in [3.05, 3.63) is 24.0 Å². The van der Waals surface area contributed by atoms with Gasteiger partial charge in [0.15, 0.2) is 17.2 Å². The van der Waals surface area contributed by atoms with Gasteiger partial charge in [-0.1, -0.05) is 0 Å². The summed E-state index contributed by atoms with van der Waals surface area (Å²) in [5, 5.41) is 27.0. The average molecular weight is 206 g/mol. The van der Waals surface area contributed by atoms with Crippen molar-refractivity contribution in [3.8, 4) is 11.5 Å². The van der Waals surface area contributed by atoms with Crippen molar-refractivity contribution in [2.75, 3.05) is 0 Å². The molecule has 76 valence electrons. The number of phenolic OH excluding ortho intramolecular Hbond substituents is 2. The van der Waals surface area contributed by atoms with E-state index in [1.54, 1.807) is 0 Å². The predicted molar refractivity (Wildman–Crippen MR) is 49.8 cm³/mol. The van der Waals surface area contributed by atoms with Gasteiger partial charge in [0.25, 0.3) is 0 Å². The van der Waals surface area contributed by atoms with E-state index in [1.165, 1.54) is 6.07 Å². The van der Waals surface area contributed by atoms with Crippen LogP contribution in [-0.2, 0) is 0 Å². The van der Waals surface area contributed by atoms with Gasteiger partial charge in [0, 0.05) is 12.1 Å². The molecule has 2 aromatic rings. The molecule has 0 aliphatic rings. The third-order valence-electron chi connectivity index (χ3n) is 1.86. The van der Waals surface area contributed by atoms with Crippen LogP contribution in [0, 0.1) is 0 Å². The molecular formula is C9H6N2O4. The number of carboxylic acids is 1. The zero-order valence-corrected chi connectivity index (χ0v) is 7.38. The summed E-state index contributed by atoms with van der Waals surface area (Å²) in [4.78, 5) is 18.1. The fraction of sp³-hybridized carbons (Fsp3) is 0. The first-order valence-electron chi connectivity index (χ1n) is 4.00. The van der Waals surface area contributed by atoms with E-state index in [1.807, 2.05) is 0 Å². The first-order chi connectivity index (χ1) is 7.08. The molecule has 0 atom stereocenters. The van der Waals surface area contributed by atoms with Gasteiger partial charge in [0.05, 0.1) is 17.2 Å². The molecule has 0 fully saturated rings. The van der Waals surface area contributed by atoms with Gasteiger partial charge in [-0.25, -0.2) is 9.78 Å². The molecule has 0 amide bonds. The van der Waals surface area contributed by atoms with Crippen LogP contribution in [-0.4, -0.2) is 31.3 Å². The van der Waals surface area contributed by atoms with Crippen molar-refractivity contribution in [2.45, 2.75) is 0 Å². The van der Waals surface area contributed by atoms with Crippen LogP contribution in [0.15, 0.2) is 18.3 Å². The summed E-state index contributed by atoms with van der Waals surface area (Å²) in [6.45, 7) is 0. The summed E-state index contributed by atoms with van der Waals surface area (Å²) >= 11 is 0. The van der Waals surface area contributed by atoms with Gasteiger partial charge in [-0.05, 0) is 0 Å². The number of fused-ring (bicyclic) bond motifs is 1. The highest BCUT2D eigenvalue weighted by Crippen LogP contribution is 2.28. The molecule has 15 heavy (non-hydrogen) atoms. The SMILES string of the molecule is O=C(O)c1cnc2cc(O)c(O)cc2n1. The van der Waals surface area contributed by atoms with Gasteiger partial charge in [-0.3, -0.25) is 4.98 Å². The Morgan fingerprint density at radius 3 is 2.33 bits per heavy atom. The Morgan fingerprint density at radius 2 is 1.73 bits per heavy atom. The zero-order valence-electron chi connectivity index (χ0n) is 7.38. The van der Waals surface area contributed by atoms with Crippen LogP contribution in [0.1, 0.15) is 10.5 Å². The lowest BCUT2D eigenvalue weighted by atomic mass is 10.2. The molecule has 0 saturated heterocycles. The van der Waals surface area contributed by atoms with Crippen molar-refractivity contribution >= 4 is 17.0 Å². The van der Waals surface area contributed by atoms with E-state index in [9.17, 15) is 9.90 Å². The molecule has 0 aliphatic heterocycles. The summed E-state index contributed by atoms with van der Waals surface area (Å²) in [6.07, 6.45) is 1.08. The van der Waals surface area contributed by atoms with Crippen LogP contribution >= 0.6 is 0 Å². The zero-order chi connectivity index (χ0) is 11.0.